The van der Waals surface area contributed by atoms with Crippen molar-refractivity contribution in [3.8, 4) is 11.1 Å². The molecule has 4 aromatic rings. The first-order chi connectivity index (χ1) is 13.6. The number of aryl methyl sites for hydroxylation is 1. The molecule has 0 aliphatic rings. The van der Waals surface area contributed by atoms with E-state index in [0.717, 1.165) is 11.1 Å². The molecule has 0 spiro atoms. The van der Waals surface area contributed by atoms with Crippen molar-refractivity contribution in [2.75, 3.05) is 7.11 Å². The molecular formula is C18H16N6O4. The maximum absolute atomic E-state index is 12.6. The minimum absolute atomic E-state index is 0.000120. The van der Waals surface area contributed by atoms with Gasteiger partial charge in [-0.3, -0.25) is 14.2 Å². The number of methoxy groups -OCH3 is 1. The lowest BCUT2D eigenvalue weighted by Gasteiger charge is -2.05. The van der Waals surface area contributed by atoms with Crippen molar-refractivity contribution >= 4 is 22.8 Å². The van der Waals surface area contributed by atoms with Gasteiger partial charge >= 0.3 is 5.97 Å². The average molecular weight is 380 g/mol. The second-order valence-corrected chi connectivity index (χ2v) is 6.12. The Labute approximate surface area is 158 Å². The van der Waals surface area contributed by atoms with Crippen LogP contribution in [0.15, 0.2) is 41.5 Å². The number of carboxylic acids is 1. The van der Waals surface area contributed by atoms with Gasteiger partial charge in [-0.15, -0.1) is 10.2 Å². The summed E-state index contributed by atoms with van der Waals surface area (Å²) >= 11 is 0. The van der Waals surface area contributed by atoms with Crippen LogP contribution in [0.4, 0.5) is 0 Å². The van der Waals surface area contributed by atoms with Crippen LogP contribution >= 0.6 is 0 Å². The van der Waals surface area contributed by atoms with Gasteiger partial charge in [-0.1, -0.05) is 30.3 Å². The van der Waals surface area contributed by atoms with Crippen LogP contribution in [-0.4, -0.2) is 47.5 Å². The number of carboxylic acid groups (broad SMARTS) is 1. The molecule has 0 radical (unpaired) electrons. The Morgan fingerprint density at radius 2 is 1.96 bits per heavy atom. The Bertz CT molecular complexity index is 1230. The van der Waals surface area contributed by atoms with Crippen LogP contribution in [-0.2, 0) is 22.7 Å². The molecule has 10 nitrogen and oxygen atoms in total. The van der Waals surface area contributed by atoms with E-state index in [4.69, 9.17) is 9.84 Å². The van der Waals surface area contributed by atoms with E-state index in [1.165, 1.54) is 15.4 Å². The largest absolute Gasteiger partial charge is 0.481 e. The van der Waals surface area contributed by atoms with Crippen LogP contribution in [0.5, 0.6) is 0 Å². The molecule has 3 aromatic heterocycles. The van der Waals surface area contributed by atoms with Crippen molar-refractivity contribution in [1.29, 1.82) is 0 Å². The quantitative estimate of drug-likeness (QED) is 0.528. The number of hydrogen-bond acceptors (Lipinski definition) is 7. The minimum Gasteiger partial charge on any atom is -0.481 e. The standard InChI is InChI=1S/C18H16N6O4/c1-28-9-12-14(11-5-3-2-4-6-11)16-21-20-15-17(24(16)22-12)19-10-23(18(15)27)8-7-13(25)26/h2-6,10H,7-9H2,1H3,(H,25,26). The van der Waals surface area contributed by atoms with Crippen LogP contribution in [0.3, 0.4) is 0 Å². The average Bonchev–Trinajstić information content (AvgIpc) is 3.06. The Morgan fingerprint density at radius 3 is 2.68 bits per heavy atom. The highest BCUT2D eigenvalue weighted by Gasteiger charge is 2.20. The third-order valence-electron chi connectivity index (χ3n) is 4.28. The van der Waals surface area contributed by atoms with E-state index in [9.17, 15) is 9.59 Å². The fourth-order valence-electron chi connectivity index (χ4n) is 3.02. The molecule has 0 amide bonds. The molecule has 4 rings (SSSR count). The van der Waals surface area contributed by atoms with Crippen LogP contribution in [0.2, 0.25) is 0 Å². The summed E-state index contributed by atoms with van der Waals surface area (Å²) in [6, 6.07) is 9.58. The fourth-order valence-corrected chi connectivity index (χ4v) is 3.02. The zero-order valence-electron chi connectivity index (χ0n) is 14.9. The smallest absolute Gasteiger partial charge is 0.305 e. The lowest BCUT2D eigenvalue weighted by Crippen LogP contribution is -2.24. The highest BCUT2D eigenvalue weighted by molar-refractivity contribution is 5.83. The lowest BCUT2D eigenvalue weighted by atomic mass is 10.1. The Morgan fingerprint density at radius 1 is 1.18 bits per heavy atom. The maximum Gasteiger partial charge on any atom is 0.305 e. The summed E-state index contributed by atoms with van der Waals surface area (Å²) in [7, 11) is 1.57. The highest BCUT2D eigenvalue weighted by Crippen LogP contribution is 2.28. The summed E-state index contributed by atoms with van der Waals surface area (Å²) in [5.74, 6) is -1.00. The number of hydrogen-bond donors (Lipinski definition) is 1. The van der Waals surface area contributed by atoms with E-state index in [1.807, 2.05) is 30.3 Å². The number of nitrogens with zero attached hydrogens (tertiary/aromatic N) is 6. The normalized spacial score (nSPS) is 11.3. The summed E-state index contributed by atoms with van der Waals surface area (Å²) in [6.07, 6.45) is 1.11. The van der Waals surface area contributed by atoms with Gasteiger partial charge in [-0.05, 0) is 5.56 Å². The van der Waals surface area contributed by atoms with Crippen molar-refractivity contribution in [3.63, 3.8) is 0 Å². The number of ether oxygens (including phenoxy) is 1. The van der Waals surface area contributed by atoms with Crippen molar-refractivity contribution < 1.29 is 14.6 Å². The molecule has 1 N–H and O–H groups in total. The fraction of sp³-hybridized carbons (Fsp3) is 0.222. The highest BCUT2D eigenvalue weighted by atomic mass is 16.5. The van der Waals surface area contributed by atoms with Gasteiger partial charge in [0, 0.05) is 13.7 Å². The minimum atomic E-state index is -1.00. The molecule has 0 atom stereocenters. The van der Waals surface area contributed by atoms with E-state index in [1.54, 1.807) is 7.11 Å². The predicted octanol–water partition coefficient (Wildman–Crippen LogP) is 1.12. The second kappa shape index (κ2) is 7.16. The third kappa shape index (κ3) is 2.99. The van der Waals surface area contributed by atoms with Gasteiger partial charge in [0.2, 0.25) is 0 Å². The van der Waals surface area contributed by atoms with E-state index in [-0.39, 0.29) is 30.7 Å². The molecule has 0 unspecified atom stereocenters. The van der Waals surface area contributed by atoms with Gasteiger partial charge in [0.1, 0.15) is 6.33 Å². The van der Waals surface area contributed by atoms with Gasteiger partial charge in [0.05, 0.1) is 24.3 Å². The maximum atomic E-state index is 12.6. The summed E-state index contributed by atoms with van der Waals surface area (Å²) < 4.78 is 7.94. The first kappa shape index (κ1) is 17.7. The van der Waals surface area contributed by atoms with Crippen LogP contribution in [0.1, 0.15) is 12.1 Å². The topological polar surface area (TPSA) is 124 Å². The lowest BCUT2D eigenvalue weighted by molar-refractivity contribution is -0.137. The SMILES string of the molecule is COCc1nn2c(nnc3c(=O)n(CCC(=O)O)cnc32)c1-c1ccccc1. The second-order valence-electron chi connectivity index (χ2n) is 6.12. The van der Waals surface area contributed by atoms with Crippen molar-refractivity contribution in [1.82, 2.24) is 29.4 Å². The van der Waals surface area contributed by atoms with E-state index < -0.39 is 11.5 Å². The first-order valence-electron chi connectivity index (χ1n) is 8.49. The van der Waals surface area contributed by atoms with Crippen LogP contribution in [0.25, 0.3) is 27.9 Å². The van der Waals surface area contributed by atoms with E-state index >= 15 is 0 Å². The molecule has 0 saturated heterocycles. The molecular weight excluding hydrogens is 364 g/mol. The van der Waals surface area contributed by atoms with E-state index in [0.29, 0.717) is 11.3 Å². The van der Waals surface area contributed by atoms with Gasteiger partial charge in [0.15, 0.2) is 16.8 Å². The summed E-state index contributed by atoms with van der Waals surface area (Å²) in [5, 5.41) is 21.6. The summed E-state index contributed by atoms with van der Waals surface area (Å²) in [6.45, 7) is 0.255. The predicted molar refractivity (Wildman–Crippen MR) is 98.7 cm³/mol. The number of rotatable bonds is 6. The Kier molecular flexibility index (Phi) is 4.53. The van der Waals surface area contributed by atoms with Gasteiger partial charge in [-0.25, -0.2) is 4.98 Å². The molecule has 1 aromatic carbocycles. The number of aromatic nitrogens is 6. The molecule has 0 saturated carbocycles. The molecule has 3 heterocycles. The molecule has 0 aliphatic carbocycles. The number of benzene rings is 1. The Balaban J connectivity index is 1.94. The van der Waals surface area contributed by atoms with Gasteiger partial charge in [-0.2, -0.15) is 9.61 Å². The molecule has 142 valence electrons. The molecule has 28 heavy (non-hydrogen) atoms. The van der Waals surface area contributed by atoms with Crippen molar-refractivity contribution in [2.24, 2.45) is 0 Å². The van der Waals surface area contributed by atoms with Crippen LogP contribution < -0.4 is 5.56 Å². The van der Waals surface area contributed by atoms with Crippen molar-refractivity contribution in [2.45, 2.75) is 19.6 Å². The van der Waals surface area contributed by atoms with E-state index in [2.05, 4.69) is 20.3 Å². The summed E-state index contributed by atoms with van der Waals surface area (Å²) in [5.41, 5.74) is 2.56. The summed E-state index contributed by atoms with van der Waals surface area (Å²) in [4.78, 5) is 27.7. The van der Waals surface area contributed by atoms with Gasteiger partial charge < -0.3 is 9.84 Å². The Hall–Kier alpha value is -3.66. The van der Waals surface area contributed by atoms with Gasteiger partial charge in [0.25, 0.3) is 5.56 Å². The van der Waals surface area contributed by atoms with Crippen LogP contribution in [0, 0.1) is 0 Å². The zero-order chi connectivity index (χ0) is 19.7. The monoisotopic (exact) mass is 380 g/mol. The first-order valence-corrected chi connectivity index (χ1v) is 8.49. The molecule has 10 heteroatoms. The molecule has 0 fully saturated rings. The van der Waals surface area contributed by atoms with Crippen molar-refractivity contribution in [3.05, 3.63) is 52.7 Å². The molecule has 0 bridgehead atoms. The number of fused-ring (bicyclic) bond motifs is 3. The third-order valence-corrected chi connectivity index (χ3v) is 4.28. The number of aliphatic carboxylic acids is 1. The molecule has 0 aliphatic heterocycles. The zero-order valence-corrected chi connectivity index (χ0v) is 14.9. The number of carbonyl (C=O) groups is 1.